The van der Waals surface area contributed by atoms with Crippen LogP contribution < -0.4 is 11.1 Å². The van der Waals surface area contributed by atoms with Gasteiger partial charge >= 0.3 is 0 Å². The molecule has 0 aromatic carbocycles. The van der Waals surface area contributed by atoms with Crippen LogP contribution in [0.25, 0.3) is 0 Å². The van der Waals surface area contributed by atoms with E-state index in [9.17, 15) is 4.79 Å². The zero-order valence-corrected chi connectivity index (χ0v) is 12.3. The Morgan fingerprint density at radius 3 is 2.61 bits per heavy atom. The molecule has 2 atom stereocenters. The molecule has 0 aromatic heterocycles. The molecule has 0 aromatic rings. The third kappa shape index (κ3) is 4.94. The van der Waals surface area contributed by atoms with Gasteiger partial charge in [0.2, 0.25) is 5.91 Å². The van der Waals surface area contributed by atoms with Crippen molar-refractivity contribution in [1.29, 1.82) is 0 Å². The van der Waals surface area contributed by atoms with Crippen molar-refractivity contribution in [2.75, 3.05) is 13.1 Å². The van der Waals surface area contributed by atoms with Gasteiger partial charge in [-0.2, -0.15) is 0 Å². The Kier molecular flexibility index (Phi) is 5.60. The molecule has 106 valence electrons. The molecule has 1 saturated heterocycles. The molecule has 1 heterocycles. The maximum Gasteiger partial charge on any atom is 0.222 e. The van der Waals surface area contributed by atoms with Crippen LogP contribution in [-0.4, -0.2) is 41.5 Å². The summed E-state index contributed by atoms with van der Waals surface area (Å²) in [6.07, 6.45) is 4.25. The summed E-state index contributed by atoms with van der Waals surface area (Å²) < 4.78 is 0. The Hall–Kier alpha value is -0.610. The number of rotatable bonds is 4. The summed E-state index contributed by atoms with van der Waals surface area (Å²) in [5, 5.41) is 3.02. The third-order valence-corrected chi connectivity index (χ3v) is 3.53. The van der Waals surface area contributed by atoms with Gasteiger partial charge in [0.15, 0.2) is 0 Å². The largest absolute Gasteiger partial charge is 0.351 e. The van der Waals surface area contributed by atoms with Crippen LogP contribution in [0, 0.1) is 0 Å². The monoisotopic (exact) mass is 255 g/mol. The molecule has 0 radical (unpaired) electrons. The van der Waals surface area contributed by atoms with Gasteiger partial charge in [-0.1, -0.05) is 6.42 Å². The van der Waals surface area contributed by atoms with Gasteiger partial charge in [-0.15, -0.1) is 0 Å². The van der Waals surface area contributed by atoms with Crippen molar-refractivity contribution in [3.63, 3.8) is 0 Å². The zero-order valence-electron chi connectivity index (χ0n) is 12.3. The number of carbonyl (C=O) groups is 1. The molecule has 1 amide bonds. The SMILES string of the molecule is CC1CCCCN1C(CN)CC(=O)NC(C)(C)C. The summed E-state index contributed by atoms with van der Waals surface area (Å²) in [7, 11) is 0. The van der Waals surface area contributed by atoms with Crippen LogP contribution in [0.5, 0.6) is 0 Å². The summed E-state index contributed by atoms with van der Waals surface area (Å²) in [5.41, 5.74) is 5.69. The quantitative estimate of drug-likeness (QED) is 0.800. The van der Waals surface area contributed by atoms with Gasteiger partial charge in [0, 0.05) is 30.6 Å². The van der Waals surface area contributed by atoms with Crippen molar-refractivity contribution in [2.45, 2.75) is 71.0 Å². The maximum atomic E-state index is 12.0. The Morgan fingerprint density at radius 1 is 1.44 bits per heavy atom. The van der Waals surface area contributed by atoms with E-state index < -0.39 is 0 Å². The zero-order chi connectivity index (χ0) is 13.8. The van der Waals surface area contributed by atoms with E-state index in [1.165, 1.54) is 19.3 Å². The van der Waals surface area contributed by atoms with E-state index in [-0.39, 0.29) is 17.5 Å². The minimum absolute atomic E-state index is 0.107. The Labute approximate surface area is 111 Å². The molecule has 18 heavy (non-hydrogen) atoms. The number of likely N-dealkylation sites (tertiary alicyclic amines) is 1. The third-order valence-electron chi connectivity index (χ3n) is 3.53. The number of amides is 1. The lowest BCUT2D eigenvalue weighted by atomic mass is 9.99. The minimum Gasteiger partial charge on any atom is -0.351 e. The van der Waals surface area contributed by atoms with Crippen LogP contribution in [0.3, 0.4) is 0 Å². The van der Waals surface area contributed by atoms with Crippen LogP contribution >= 0.6 is 0 Å². The molecule has 4 heteroatoms. The summed E-state index contributed by atoms with van der Waals surface area (Å²) in [6, 6.07) is 0.734. The van der Waals surface area contributed by atoms with Crippen LogP contribution in [0.2, 0.25) is 0 Å². The Morgan fingerprint density at radius 2 is 2.11 bits per heavy atom. The summed E-state index contributed by atoms with van der Waals surface area (Å²) in [4.78, 5) is 14.4. The van der Waals surface area contributed by atoms with Crippen molar-refractivity contribution >= 4 is 5.91 Å². The fraction of sp³-hybridized carbons (Fsp3) is 0.929. The van der Waals surface area contributed by atoms with E-state index in [4.69, 9.17) is 5.73 Å². The van der Waals surface area contributed by atoms with Gasteiger partial charge in [0.25, 0.3) is 0 Å². The molecule has 3 N–H and O–H groups in total. The summed E-state index contributed by atoms with van der Waals surface area (Å²) in [6.45, 7) is 9.89. The summed E-state index contributed by atoms with van der Waals surface area (Å²) in [5.74, 6) is 0.107. The average molecular weight is 255 g/mol. The highest BCUT2D eigenvalue weighted by atomic mass is 16.1. The lowest BCUT2D eigenvalue weighted by molar-refractivity contribution is -0.124. The first-order chi connectivity index (χ1) is 8.33. The molecule has 2 unspecified atom stereocenters. The van der Waals surface area contributed by atoms with E-state index in [1.807, 2.05) is 20.8 Å². The van der Waals surface area contributed by atoms with E-state index in [0.717, 1.165) is 6.54 Å². The first kappa shape index (κ1) is 15.4. The van der Waals surface area contributed by atoms with E-state index in [1.54, 1.807) is 0 Å². The highest BCUT2D eigenvalue weighted by Gasteiger charge is 2.27. The fourth-order valence-corrected chi connectivity index (χ4v) is 2.68. The lowest BCUT2D eigenvalue weighted by Gasteiger charge is -2.39. The van der Waals surface area contributed by atoms with Gasteiger partial charge in [-0.05, 0) is 47.1 Å². The van der Waals surface area contributed by atoms with Crippen LogP contribution in [-0.2, 0) is 4.79 Å². The number of nitrogens with one attached hydrogen (secondary N) is 1. The van der Waals surface area contributed by atoms with Crippen LogP contribution in [0.1, 0.15) is 53.4 Å². The van der Waals surface area contributed by atoms with E-state index in [0.29, 0.717) is 19.0 Å². The molecular weight excluding hydrogens is 226 g/mol. The van der Waals surface area contributed by atoms with Crippen molar-refractivity contribution in [3.8, 4) is 0 Å². The Bertz CT molecular complexity index is 273. The first-order valence-corrected chi connectivity index (χ1v) is 7.10. The maximum absolute atomic E-state index is 12.0. The topological polar surface area (TPSA) is 58.4 Å². The number of hydrogen-bond donors (Lipinski definition) is 2. The highest BCUT2D eigenvalue weighted by molar-refractivity contribution is 5.77. The second-order valence-corrected chi connectivity index (χ2v) is 6.47. The standard InChI is InChI=1S/C14H29N3O/c1-11-7-5-6-8-17(11)12(10-15)9-13(18)16-14(2,3)4/h11-12H,5-10,15H2,1-4H3,(H,16,18). The lowest BCUT2D eigenvalue weighted by Crippen LogP contribution is -2.51. The highest BCUT2D eigenvalue weighted by Crippen LogP contribution is 2.20. The number of carbonyl (C=O) groups excluding carboxylic acids is 1. The minimum atomic E-state index is -0.163. The second kappa shape index (κ2) is 6.53. The molecule has 1 aliphatic heterocycles. The van der Waals surface area contributed by atoms with Crippen molar-refractivity contribution in [3.05, 3.63) is 0 Å². The van der Waals surface area contributed by atoms with Crippen molar-refractivity contribution in [2.24, 2.45) is 5.73 Å². The van der Waals surface area contributed by atoms with Crippen LogP contribution in [0.4, 0.5) is 0 Å². The predicted molar refractivity (Wildman–Crippen MR) is 75.4 cm³/mol. The molecule has 1 fully saturated rings. The molecule has 1 aliphatic rings. The average Bonchev–Trinajstić information content (AvgIpc) is 2.24. The molecule has 1 rings (SSSR count). The van der Waals surface area contributed by atoms with Gasteiger partial charge in [-0.3, -0.25) is 9.69 Å². The first-order valence-electron chi connectivity index (χ1n) is 7.10. The fourth-order valence-electron chi connectivity index (χ4n) is 2.68. The predicted octanol–water partition coefficient (Wildman–Crippen LogP) is 1.49. The molecule has 0 bridgehead atoms. The number of nitrogens with two attached hydrogens (primary N) is 1. The number of piperidine rings is 1. The molecule has 0 saturated carbocycles. The van der Waals surface area contributed by atoms with Gasteiger partial charge in [0.05, 0.1) is 0 Å². The van der Waals surface area contributed by atoms with Crippen molar-refractivity contribution in [1.82, 2.24) is 10.2 Å². The summed E-state index contributed by atoms with van der Waals surface area (Å²) >= 11 is 0. The number of nitrogens with zero attached hydrogens (tertiary/aromatic N) is 1. The van der Waals surface area contributed by atoms with Gasteiger partial charge < -0.3 is 11.1 Å². The Balaban J connectivity index is 2.53. The van der Waals surface area contributed by atoms with Gasteiger partial charge in [0.1, 0.15) is 0 Å². The van der Waals surface area contributed by atoms with Crippen LogP contribution in [0.15, 0.2) is 0 Å². The smallest absolute Gasteiger partial charge is 0.222 e. The second-order valence-electron chi connectivity index (χ2n) is 6.47. The molecule has 4 nitrogen and oxygen atoms in total. The number of hydrogen-bond acceptors (Lipinski definition) is 3. The van der Waals surface area contributed by atoms with Crippen molar-refractivity contribution < 1.29 is 4.79 Å². The van der Waals surface area contributed by atoms with E-state index in [2.05, 4.69) is 17.1 Å². The molecule has 0 spiro atoms. The van der Waals surface area contributed by atoms with E-state index >= 15 is 0 Å². The normalized spacial score (nSPS) is 23.7. The molecule has 0 aliphatic carbocycles. The molecular formula is C14H29N3O. The van der Waals surface area contributed by atoms with Gasteiger partial charge in [-0.25, -0.2) is 0 Å².